The van der Waals surface area contributed by atoms with E-state index in [2.05, 4.69) is 15.0 Å². The van der Waals surface area contributed by atoms with Gasteiger partial charge in [-0.3, -0.25) is 0 Å². The van der Waals surface area contributed by atoms with Crippen molar-refractivity contribution in [1.82, 2.24) is 10.3 Å². The van der Waals surface area contributed by atoms with E-state index in [0.717, 1.165) is 17.1 Å². The number of alkyl carbamates (subject to hydrolysis) is 1. The molecule has 1 aromatic rings. The fraction of sp³-hybridized carbons (Fsp3) is 0.500. The van der Waals surface area contributed by atoms with Gasteiger partial charge in [0.05, 0.1) is 12.1 Å². The number of ether oxygens (including phenoxy) is 1. The normalized spacial score (nSPS) is 9.69. The first-order chi connectivity index (χ1) is 6.22. The molecular weight excluding hydrogens is 188 g/mol. The lowest BCUT2D eigenvalue weighted by Gasteiger charge is -2.00. The van der Waals surface area contributed by atoms with Crippen molar-refractivity contribution in [2.75, 3.05) is 13.7 Å². The van der Waals surface area contributed by atoms with Gasteiger partial charge in [-0.05, 0) is 6.92 Å². The number of aromatic nitrogens is 1. The van der Waals surface area contributed by atoms with Crippen LogP contribution < -0.4 is 5.32 Å². The second kappa shape index (κ2) is 4.81. The van der Waals surface area contributed by atoms with Gasteiger partial charge in [0.25, 0.3) is 0 Å². The number of carbonyl (C=O) groups is 1. The molecule has 0 spiro atoms. The van der Waals surface area contributed by atoms with E-state index in [9.17, 15) is 4.79 Å². The molecule has 0 aliphatic heterocycles. The maximum absolute atomic E-state index is 10.7. The number of hydrogen-bond donors (Lipinski definition) is 1. The molecule has 4 nitrogen and oxygen atoms in total. The van der Waals surface area contributed by atoms with Crippen LogP contribution in [0.3, 0.4) is 0 Å². The van der Waals surface area contributed by atoms with Crippen LogP contribution in [0.4, 0.5) is 4.79 Å². The third-order valence-electron chi connectivity index (χ3n) is 1.46. The van der Waals surface area contributed by atoms with Gasteiger partial charge >= 0.3 is 6.09 Å². The minimum Gasteiger partial charge on any atom is -0.453 e. The number of nitrogens with one attached hydrogen (secondary N) is 1. The molecule has 5 heteroatoms. The van der Waals surface area contributed by atoms with Crippen molar-refractivity contribution in [2.24, 2.45) is 0 Å². The van der Waals surface area contributed by atoms with Crippen molar-refractivity contribution in [3.05, 3.63) is 16.1 Å². The van der Waals surface area contributed by atoms with Gasteiger partial charge in [-0.15, -0.1) is 11.3 Å². The standard InChI is InChI=1S/C8H12N2O2S/c1-6-5-13-7(10-6)3-4-9-8(11)12-2/h5H,3-4H2,1-2H3,(H,9,11). The van der Waals surface area contributed by atoms with Crippen LogP contribution in [0.1, 0.15) is 10.7 Å². The summed E-state index contributed by atoms with van der Waals surface area (Å²) in [7, 11) is 1.35. The average molecular weight is 200 g/mol. The molecule has 0 aromatic carbocycles. The van der Waals surface area contributed by atoms with E-state index in [4.69, 9.17) is 0 Å². The topological polar surface area (TPSA) is 51.2 Å². The Hall–Kier alpha value is -1.10. The van der Waals surface area contributed by atoms with Crippen LogP contribution in [0.15, 0.2) is 5.38 Å². The molecule has 72 valence electrons. The second-order valence-corrected chi connectivity index (χ2v) is 3.49. The molecule has 1 N–H and O–H groups in total. The van der Waals surface area contributed by atoms with Crippen LogP contribution in [0.25, 0.3) is 0 Å². The summed E-state index contributed by atoms with van der Waals surface area (Å²) in [6.07, 6.45) is 0.362. The predicted octanol–water partition coefficient (Wildman–Crippen LogP) is 1.35. The second-order valence-electron chi connectivity index (χ2n) is 2.55. The lowest BCUT2D eigenvalue weighted by atomic mass is 10.4. The molecular formula is C8H12N2O2S. The summed E-state index contributed by atoms with van der Waals surface area (Å²) in [6, 6.07) is 0. The van der Waals surface area contributed by atoms with Crippen molar-refractivity contribution in [1.29, 1.82) is 0 Å². The molecule has 0 saturated carbocycles. The fourth-order valence-corrected chi connectivity index (χ4v) is 1.64. The van der Waals surface area contributed by atoms with E-state index < -0.39 is 6.09 Å². The lowest BCUT2D eigenvalue weighted by molar-refractivity contribution is 0.171. The van der Waals surface area contributed by atoms with Gasteiger partial charge in [-0.2, -0.15) is 0 Å². The van der Waals surface area contributed by atoms with E-state index in [1.54, 1.807) is 11.3 Å². The first kappa shape index (κ1) is 9.98. The Morgan fingerprint density at radius 3 is 3.08 bits per heavy atom. The largest absolute Gasteiger partial charge is 0.453 e. The molecule has 0 fully saturated rings. The van der Waals surface area contributed by atoms with Gasteiger partial charge in [-0.25, -0.2) is 9.78 Å². The molecule has 1 aromatic heterocycles. The Kier molecular flexibility index (Phi) is 3.70. The summed E-state index contributed by atoms with van der Waals surface area (Å²) < 4.78 is 4.43. The quantitative estimate of drug-likeness (QED) is 0.801. The SMILES string of the molecule is COC(=O)NCCc1nc(C)cs1. The minimum absolute atomic E-state index is 0.395. The molecule has 0 aliphatic carbocycles. The van der Waals surface area contributed by atoms with E-state index in [1.165, 1.54) is 7.11 Å². The zero-order valence-electron chi connectivity index (χ0n) is 7.66. The van der Waals surface area contributed by atoms with Crippen molar-refractivity contribution in [2.45, 2.75) is 13.3 Å². The molecule has 0 aliphatic rings. The number of carbonyl (C=O) groups excluding carboxylic acids is 1. The summed E-state index contributed by atoms with van der Waals surface area (Å²) in [6.45, 7) is 2.52. The monoisotopic (exact) mass is 200 g/mol. The summed E-state index contributed by atoms with van der Waals surface area (Å²) in [5.74, 6) is 0. The maximum atomic E-state index is 10.7. The molecule has 1 amide bonds. The number of rotatable bonds is 3. The first-order valence-electron chi connectivity index (χ1n) is 3.95. The number of thiazole rings is 1. The van der Waals surface area contributed by atoms with Crippen LogP contribution in [0.2, 0.25) is 0 Å². The molecule has 0 unspecified atom stereocenters. The van der Waals surface area contributed by atoms with Crippen molar-refractivity contribution < 1.29 is 9.53 Å². The number of aryl methyl sites for hydroxylation is 1. The highest BCUT2D eigenvalue weighted by Crippen LogP contribution is 2.08. The number of methoxy groups -OCH3 is 1. The molecule has 0 radical (unpaired) electrons. The molecule has 0 saturated heterocycles. The predicted molar refractivity (Wildman–Crippen MR) is 51.0 cm³/mol. The summed E-state index contributed by atoms with van der Waals surface area (Å²) in [5.41, 5.74) is 1.03. The van der Waals surface area contributed by atoms with Gasteiger partial charge in [0.15, 0.2) is 0 Å². The third kappa shape index (κ3) is 3.42. The van der Waals surface area contributed by atoms with Crippen LogP contribution in [-0.4, -0.2) is 24.7 Å². The van der Waals surface area contributed by atoms with Gasteiger partial charge in [0.2, 0.25) is 0 Å². The van der Waals surface area contributed by atoms with Gasteiger partial charge < -0.3 is 10.1 Å². The summed E-state index contributed by atoms with van der Waals surface area (Å²) in [5, 5.41) is 5.63. The molecule has 0 atom stereocenters. The average Bonchev–Trinajstić information content (AvgIpc) is 2.51. The Bertz CT molecular complexity index is 285. The first-order valence-corrected chi connectivity index (χ1v) is 4.83. The Balaban J connectivity index is 2.24. The highest BCUT2D eigenvalue weighted by Gasteiger charge is 2.00. The Morgan fingerprint density at radius 1 is 1.77 bits per heavy atom. The third-order valence-corrected chi connectivity index (χ3v) is 2.49. The smallest absolute Gasteiger partial charge is 0.406 e. The molecule has 0 bridgehead atoms. The van der Waals surface area contributed by atoms with Gasteiger partial charge in [0.1, 0.15) is 0 Å². The van der Waals surface area contributed by atoms with Crippen LogP contribution in [-0.2, 0) is 11.2 Å². The summed E-state index contributed by atoms with van der Waals surface area (Å²) >= 11 is 1.61. The van der Waals surface area contributed by atoms with Gasteiger partial charge in [-0.1, -0.05) is 0 Å². The van der Waals surface area contributed by atoms with Crippen LogP contribution >= 0.6 is 11.3 Å². The van der Waals surface area contributed by atoms with Crippen LogP contribution in [0.5, 0.6) is 0 Å². The van der Waals surface area contributed by atoms with Crippen molar-refractivity contribution in [3.63, 3.8) is 0 Å². The molecule has 1 heterocycles. The zero-order chi connectivity index (χ0) is 9.68. The van der Waals surface area contributed by atoms with E-state index in [0.29, 0.717) is 6.54 Å². The lowest BCUT2D eigenvalue weighted by Crippen LogP contribution is -2.25. The molecule has 13 heavy (non-hydrogen) atoms. The Morgan fingerprint density at radius 2 is 2.54 bits per heavy atom. The number of nitrogens with zero attached hydrogens (tertiary/aromatic N) is 1. The highest BCUT2D eigenvalue weighted by atomic mass is 32.1. The van der Waals surface area contributed by atoms with E-state index in [1.807, 2.05) is 12.3 Å². The minimum atomic E-state index is -0.395. The zero-order valence-corrected chi connectivity index (χ0v) is 8.48. The number of amides is 1. The Labute approximate surface area is 80.9 Å². The van der Waals surface area contributed by atoms with E-state index >= 15 is 0 Å². The van der Waals surface area contributed by atoms with E-state index in [-0.39, 0.29) is 0 Å². The maximum Gasteiger partial charge on any atom is 0.406 e. The summed E-state index contributed by atoms with van der Waals surface area (Å²) in [4.78, 5) is 14.9. The van der Waals surface area contributed by atoms with Crippen molar-refractivity contribution in [3.8, 4) is 0 Å². The molecule has 1 rings (SSSR count). The van der Waals surface area contributed by atoms with Gasteiger partial charge in [0, 0.05) is 24.0 Å². The van der Waals surface area contributed by atoms with Crippen molar-refractivity contribution >= 4 is 17.4 Å². The number of hydrogen-bond acceptors (Lipinski definition) is 4. The van der Waals surface area contributed by atoms with Crippen LogP contribution in [0, 0.1) is 6.92 Å². The fourth-order valence-electron chi connectivity index (χ4n) is 0.861. The highest BCUT2D eigenvalue weighted by molar-refractivity contribution is 7.09.